The molecule has 2 atom stereocenters. The molecule has 0 saturated heterocycles. The number of hydrogen-bond acceptors (Lipinski definition) is 3. The van der Waals surface area contributed by atoms with E-state index in [4.69, 9.17) is 4.74 Å². The molecule has 2 unspecified atom stereocenters. The van der Waals surface area contributed by atoms with Gasteiger partial charge in [-0.05, 0) is 39.0 Å². The van der Waals surface area contributed by atoms with Gasteiger partial charge in [0, 0.05) is 6.54 Å². The van der Waals surface area contributed by atoms with Crippen LogP contribution in [0.2, 0.25) is 0 Å². The fourth-order valence-electron chi connectivity index (χ4n) is 2.48. The summed E-state index contributed by atoms with van der Waals surface area (Å²) in [6, 6.07) is 0. The van der Waals surface area contributed by atoms with Crippen LogP contribution in [0, 0.1) is 17.3 Å². The van der Waals surface area contributed by atoms with Gasteiger partial charge in [-0.15, -0.1) is 0 Å². The molecule has 0 aromatic carbocycles. The van der Waals surface area contributed by atoms with E-state index >= 15 is 0 Å². The molecule has 0 aromatic rings. The molecule has 0 bridgehead atoms. The first-order valence-corrected chi connectivity index (χ1v) is 7.65. The minimum Gasteiger partial charge on any atom is -0.481 e. The van der Waals surface area contributed by atoms with Gasteiger partial charge in [0.05, 0.1) is 5.41 Å². The molecule has 5 nitrogen and oxygen atoms in total. The summed E-state index contributed by atoms with van der Waals surface area (Å²) in [5.41, 5.74) is -1.55. The number of carbonyl (C=O) groups is 2. The SMILES string of the molecule is CCC(C)C(CNC(=O)OC(C)(C)C)(CC(C)C)C(=O)O. The number of rotatable bonds is 7. The number of carboxylic acid groups (broad SMARTS) is 1. The molecule has 0 heterocycles. The highest BCUT2D eigenvalue weighted by Crippen LogP contribution is 2.36. The lowest BCUT2D eigenvalue weighted by molar-refractivity contribution is -0.153. The van der Waals surface area contributed by atoms with E-state index in [1.807, 2.05) is 27.7 Å². The van der Waals surface area contributed by atoms with Gasteiger partial charge in [-0.3, -0.25) is 4.79 Å². The van der Waals surface area contributed by atoms with Gasteiger partial charge in [-0.1, -0.05) is 34.1 Å². The first-order chi connectivity index (χ1) is 9.44. The van der Waals surface area contributed by atoms with E-state index in [1.54, 1.807) is 20.8 Å². The number of alkyl carbamates (subject to hydrolysis) is 1. The summed E-state index contributed by atoms with van der Waals surface area (Å²) in [5.74, 6) is -0.663. The van der Waals surface area contributed by atoms with Crippen molar-refractivity contribution in [2.75, 3.05) is 6.54 Å². The highest BCUT2D eigenvalue weighted by Gasteiger charge is 2.43. The molecule has 0 aromatic heterocycles. The van der Waals surface area contributed by atoms with Crippen molar-refractivity contribution in [2.24, 2.45) is 17.3 Å². The standard InChI is InChI=1S/C16H31NO4/c1-8-12(4)16(13(18)19,9-11(2)3)10-17-14(20)21-15(5,6)7/h11-12H,8-10H2,1-7H3,(H,17,20)(H,18,19). The quantitative estimate of drug-likeness (QED) is 0.752. The maximum absolute atomic E-state index is 11.9. The lowest BCUT2D eigenvalue weighted by Gasteiger charge is -2.36. The smallest absolute Gasteiger partial charge is 0.407 e. The summed E-state index contributed by atoms with van der Waals surface area (Å²) in [6.45, 7) is 13.3. The molecule has 0 aliphatic rings. The molecule has 0 spiro atoms. The molecule has 5 heteroatoms. The molecule has 0 radical (unpaired) electrons. The third-order valence-corrected chi connectivity index (χ3v) is 3.70. The lowest BCUT2D eigenvalue weighted by atomic mass is 9.69. The fourth-order valence-corrected chi connectivity index (χ4v) is 2.48. The number of carboxylic acids is 1. The summed E-state index contributed by atoms with van der Waals surface area (Å²) in [7, 11) is 0. The van der Waals surface area contributed by atoms with Crippen LogP contribution in [0.3, 0.4) is 0 Å². The highest BCUT2D eigenvalue weighted by molar-refractivity contribution is 5.77. The molecular weight excluding hydrogens is 270 g/mol. The Labute approximate surface area is 128 Å². The van der Waals surface area contributed by atoms with Crippen LogP contribution in [0.1, 0.15) is 61.3 Å². The summed E-state index contributed by atoms with van der Waals surface area (Å²) in [4.78, 5) is 23.7. The number of carbonyl (C=O) groups excluding carboxylic acids is 1. The van der Waals surface area contributed by atoms with Crippen molar-refractivity contribution in [3.05, 3.63) is 0 Å². The van der Waals surface area contributed by atoms with Crippen LogP contribution in [0.4, 0.5) is 4.79 Å². The van der Waals surface area contributed by atoms with E-state index in [0.717, 1.165) is 6.42 Å². The first kappa shape index (κ1) is 19.7. The summed E-state index contributed by atoms with van der Waals surface area (Å²) in [5, 5.41) is 12.4. The molecule has 0 fully saturated rings. The van der Waals surface area contributed by atoms with Crippen LogP contribution in [-0.2, 0) is 9.53 Å². The maximum atomic E-state index is 11.9. The topological polar surface area (TPSA) is 75.6 Å². The minimum absolute atomic E-state index is 0.0349. The van der Waals surface area contributed by atoms with Gasteiger partial charge in [0.1, 0.15) is 5.60 Å². The van der Waals surface area contributed by atoms with E-state index in [0.29, 0.717) is 6.42 Å². The van der Waals surface area contributed by atoms with Crippen LogP contribution in [0.5, 0.6) is 0 Å². The van der Waals surface area contributed by atoms with Gasteiger partial charge in [0.2, 0.25) is 0 Å². The Hall–Kier alpha value is -1.26. The zero-order valence-corrected chi connectivity index (χ0v) is 14.4. The van der Waals surface area contributed by atoms with Crippen molar-refractivity contribution in [3.8, 4) is 0 Å². The molecule has 0 aliphatic carbocycles. The van der Waals surface area contributed by atoms with Gasteiger partial charge < -0.3 is 15.2 Å². The van der Waals surface area contributed by atoms with Crippen LogP contribution in [0.15, 0.2) is 0 Å². The lowest BCUT2D eigenvalue weighted by Crippen LogP contribution is -2.49. The molecule has 0 rings (SSSR count). The molecule has 0 aliphatic heterocycles. The van der Waals surface area contributed by atoms with Crippen molar-refractivity contribution in [3.63, 3.8) is 0 Å². The average Bonchev–Trinajstić information content (AvgIpc) is 2.30. The van der Waals surface area contributed by atoms with Gasteiger partial charge in [0.25, 0.3) is 0 Å². The third-order valence-electron chi connectivity index (χ3n) is 3.70. The fraction of sp³-hybridized carbons (Fsp3) is 0.875. The normalized spacial score (nSPS) is 16.2. The monoisotopic (exact) mass is 301 g/mol. The Bertz CT molecular complexity index is 360. The van der Waals surface area contributed by atoms with Gasteiger partial charge in [0.15, 0.2) is 0 Å². The molecule has 2 N–H and O–H groups in total. The van der Waals surface area contributed by atoms with Gasteiger partial charge in [-0.2, -0.15) is 0 Å². The average molecular weight is 301 g/mol. The van der Waals surface area contributed by atoms with E-state index in [2.05, 4.69) is 5.32 Å². The second-order valence-corrected chi connectivity index (χ2v) is 7.22. The Kier molecular flexibility index (Phi) is 7.20. The van der Waals surface area contributed by atoms with E-state index < -0.39 is 23.1 Å². The number of ether oxygens (including phenoxy) is 1. The highest BCUT2D eigenvalue weighted by atomic mass is 16.6. The van der Waals surface area contributed by atoms with Crippen molar-refractivity contribution in [1.29, 1.82) is 0 Å². The summed E-state index contributed by atoms with van der Waals surface area (Å²) < 4.78 is 5.19. The zero-order valence-electron chi connectivity index (χ0n) is 14.4. The predicted octanol–water partition coefficient (Wildman–Crippen LogP) is 3.67. The van der Waals surface area contributed by atoms with Crippen molar-refractivity contribution in [2.45, 2.75) is 66.9 Å². The number of hydrogen-bond donors (Lipinski definition) is 2. The molecule has 0 saturated carbocycles. The number of nitrogens with one attached hydrogen (secondary N) is 1. The summed E-state index contributed by atoms with van der Waals surface area (Å²) >= 11 is 0. The molecule has 1 amide bonds. The Balaban J connectivity index is 5.06. The second kappa shape index (κ2) is 7.66. The van der Waals surface area contributed by atoms with E-state index in [9.17, 15) is 14.7 Å². The number of aliphatic carboxylic acids is 1. The zero-order chi connectivity index (χ0) is 16.8. The van der Waals surface area contributed by atoms with Crippen LogP contribution >= 0.6 is 0 Å². The van der Waals surface area contributed by atoms with Gasteiger partial charge in [-0.25, -0.2) is 4.79 Å². The first-order valence-electron chi connectivity index (χ1n) is 7.65. The third kappa shape index (κ3) is 6.36. The number of amides is 1. The minimum atomic E-state index is -0.959. The second-order valence-electron chi connectivity index (χ2n) is 7.22. The van der Waals surface area contributed by atoms with Crippen molar-refractivity contribution < 1.29 is 19.4 Å². The maximum Gasteiger partial charge on any atom is 0.407 e. The van der Waals surface area contributed by atoms with Crippen LogP contribution in [0.25, 0.3) is 0 Å². The van der Waals surface area contributed by atoms with E-state index in [-0.39, 0.29) is 18.4 Å². The molecule has 21 heavy (non-hydrogen) atoms. The summed E-state index contributed by atoms with van der Waals surface area (Å²) in [6.07, 6.45) is 0.697. The Morgan fingerprint density at radius 2 is 1.71 bits per heavy atom. The predicted molar refractivity (Wildman–Crippen MR) is 83.2 cm³/mol. The molecular formula is C16H31NO4. The largest absolute Gasteiger partial charge is 0.481 e. The van der Waals surface area contributed by atoms with Crippen LogP contribution < -0.4 is 5.32 Å². The van der Waals surface area contributed by atoms with Crippen molar-refractivity contribution >= 4 is 12.1 Å². The Morgan fingerprint density at radius 1 is 1.19 bits per heavy atom. The molecule has 124 valence electrons. The van der Waals surface area contributed by atoms with Gasteiger partial charge >= 0.3 is 12.1 Å². The van der Waals surface area contributed by atoms with Crippen molar-refractivity contribution in [1.82, 2.24) is 5.32 Å². The Morgan fingerprint density at radius 3 is 2.05 bits per heavy atom. The van der Waals surface area contributed by atoms with Crippen LogP contribution in [-0.4, -0.2) is 29.3 Å². The van der Waals surface area contributed by atoms with E-state index in [1.165, 1.54) is 0 Å².